The monoisotopic (exact) mass is 364 g/mol. The van der Waals surface area contributed by atoms with Crippen molar-refractivity contribution >= 4 is 29.0 Å². The Morgan fingerprint density at radius 3 is 2.32 bits per heavy atom. The zero-order valence-corrected chi connectivity index (χ0v) is 15.4. The molecular formula is C17H21ClN4O3. The zero-order chi connectivity index (χ0) is 18.4. The van der Waals surface area contributed by atoms with E-state index in [0.717, 1.165) is 18.9 Å². The van der Waals surface area contributed by atoms with Gasteiger partial charge in [-0.1, -0.05) is 11.6 Å². The third-order valence-corrected chi connectivity index (χ3v) is 3.99. The van der Waals surface area contributed by atoms with Gasteiger partial charge < -0.3 is 19.7 Å². The number of carbonyl (C=O) groups is 1. The molecule has 0 aliphatic rings. The Morgan fingerprint density at radius 2 is 1.80 bits per heavy atom. The number of nitrogens with zero attached hydrogens (tertiary/aromatic N) is 3. The van der Waals surface area contributed by atoms with Gasteiger partial charge in [0.25, 0.3) is 5.91 Å². The lowest BCUT2D eigenvalue weighted by atomic mass is 10.2. The van der Waals surface area contributed by atoms with Crippen molar-refractivity contribution in [1.29, 1.82) is 0 Å². The molecule has 2 rings (SSSR count). The molecule has 1 aromatic heterocycles. The van der Waals surface area contributed by atoms with E-state index in [1.165, 1.54) is 14.2 Å². The predicted molar refractivity (Wildman–Crippen MR) is 98.1 cm³/mol. The fraction of sp³-hybridized carbons (Fsp3) is 0.353. The number of aromatic nitrogens is 2. The Hall–Kier alpha value is -2.54. The second-order valence-electron chi connectivity index (χ2n) is 5.09. The summed E-state index contributed by atoms with van der Waals surface area (Å²) in [5.41, 5.74) is 0.634. The number of amides is 1. The van der Waals surface area contributed by atoms with E-state index < -0.39 is 5.91 Å². The van der Waals surface area contributed by atoms with Gasteiger partial charge in [0.2, 0.25) is 0 Å². The summed E-state index contributed by atoms with van der Waals surface area (Å²) in [7, 11) is 2.99. The lowest BCUT2D eigenvalue weighted by molar-refractivity contribution is 0.102. The summed E-state index contributed by atoms with van der Waals surface area (Å²) in [6.07, 6.45) is 0. The molecule has 0 radical (unpaired) electrons. The first kappa shape index (κ1) is 18.8. The number of anilines is 2. The highest BCUT2D eigenvalue weighted by atomic mass is 35.5. The minimum atomic E-state index is -0.402. The number of methoxy groups -OCH3 is 2. The summed E-state index contributed by atoms with van der Waals surface area (Å²) in [6.45, 7) is 5.70. The van der Waals surface area contributed by atoms with E-state index in [1.54, 1.807) is 24.3 Å². The number of hydrogen-bond donors (Lipinski definition) is 1. The molecule has 1 aromatic carbocycles. The second-order valence-corrected chi connectivity index (χ2v) is 5.50. The number of carbonyl (C=O) groups excluding carboxylic acids is 1. The van der Waals surface area contributed by atoms with E-state index in [9.17, 15) is 4.79 Å². The van der Waals surface area contributed by atoms with Crippen molar-refractivity contribution < 1.29 is 14.3 Å². The first-order valence-electron chi connectivity index (χ1n) is 7.85. The number of halogens is 1. The van der Waals surface area contributed by atoms with Crippen molar-refractivity contribution in [2.75, 3.05) is 37.5 Å². The van der Waals surface area contributed by atoms with Crippen molar-refractivity contribution in [1.82, 2.24) is 10.2 Å². The molecule has 0 saturated carbocycles. The molecule has 0 spiro atoms. The fourth-order valence-electron chi connectivity index (χ4n) is 2.31. The summed E-state index contributed by atoms with van der Waals surface area (Å²) in [5, 5.41) is 11.2. The van der Waals surface area contributed by atoms with Gasteiger partial charge in [-0.05, 0) is 26.0 Å². The Bertz CT molecular complexity index is 733. The van der Waals surface area contributed by atoms with Crippen molar-refractivity contribution in [2.45, 2.75) is 13.8 Å². The van der Waals surface area contributed by atoms with Crippen molar-refractivity contribution in [3.05, 3.63) is 35.0 Å². The van der Waals surface area contributed by atoms with E-state index in [0.29, 0.717) is 22.2 Å². The molecule has 0 atom stereocenters. The van der Waals surface area contributed by atoms with Crippen molar-refractivity contribution in [2.24, 2.45) is 0 Å². The van der Waals surface area contributed by atoms with Gasteiger partial charge >= 0.3 is 0 Å². The standard InChI is InChI=1S/C17H21ClN4O3/c1-5-22(6-2)16-8-7-12(20-21-16)17(23)19-13-10-14(24-3)11(18)9-15(13)25-4/h7-10H,5-6H2,1-4H3,(H,19,23). The van der Waals surface area contributed by atoms with Gasteiger partial charge in [0.15, 0.2) is 11.5 Å². The Morgan fingerprint density at radius 1 is 1.12 bits per heavy atom. The molecule has 7 nitrogen and oxygen atoms in total. The summed E-state index contributed by atoms with van der Waals surface area (Å²) < 4.78 is 10.4. The molecule has 0 fully saturated rings. The molecule has 0 bridgehead atoms. The van der Waals surface area contributed by atoms with Crippen LogP contribution in [-0.4, -0.2) is 43.4 Å². The molecule has 8 heteroatoms. The van der Waals surface area contributed by atoms with Crippen LogP contribution in [0.1, 0.15) is 24.3 Å². The van der Waals surface area contributed by atoms with E-state index in [-0.39, 0.29) is 5.69 Å². The van der Waals surface area contributed by atoms with Crippen LogP contribution in [0.3, 0.4) is 0 Å². The van der Waals surface area contributed by atoms with E-state index >= 15 is 0 Å². The Kier molecular flexibility index (Phi) is 6.41. The van der Waals surface area contributed by atoms with E-state index in [4.69, 9.17) is 21.1 Å². The molecule has 1 heterocycles. The van der Waals surface area contributed by atoms with Gasteiger partial charge in [-0.2, -0.15) is 0 Å². The average Bonchev–Trinajstić information content (AvgIpc) is 2.64. The topological polar surface area (TPSA) is 76.6 Å². The molecule has 0 saturated heterocycles. The van der Waals surface area contributed by atoms with Gasteiger partial charge in [-0.15, -0.1) is 10.2 Å². The van der Waals surface area contributed by atoms with Crippen LogP contribution in [0.5, 0.6) is 11.5 Å². The second kappa shape index (κ2) is 8.53. The first-order chi connectivity index (χ1) is 12.0. The molecule has 0 unspecified atom stereocenters. The summed E-state index contributed by atoms with van der Waals surface area (Å²) in [5.74, 6) is 1.18. The molecule has 0 aliphatic carbocycles. The van der Waals surface area contributed by atoms with Crippen LogP contribution < -0.4 is 19.7 Å². The number of ether oxygens (including phenoxy) is 2. The number of nitrogens with one attached hydrogen (secondary N) is 1. The van der Waals surface area contributed by atoms with Gasteiger partial charge in [-0.3, -0.25) is 4.79 Å². The van der Waals surface area contributed by atoms with Gasteiger partial charge in [0.1, 0.15) is 11.5 Å². The maximum Gasteiger partial charge on any atom is 0.276 e. The fourth-order valence-corrected chi connectivity index (χ4v) is 2.54. The minimum Gasteiger partial charge on any atom is -0.495 e. The number of benzene rings is 1. The highest BCUT2D eigenvalue weighted by Gasteiger charge is 2.15. The quantitative estimate of drug-likeness (QED) is 0.812. The first-order valence-corrected chi connectivity index (χ1v) is 8.23. The maximum atomic E-state index is 12.4. The Labute approximate surface area is 151 Å². The van der Waals surface area contributed by atoms with Crippen LogP contribution in [-0.2, 0) is 0 Å². The SMILES string of the molecule is CCN(CC)c1ccc(C(=O)Nc2cc(OC)c(Cl)cc2OC)nn1. The lowest BCUT2D eigenvalue weighted by Crippen LogP contribution is -2.24. The van der Waals surface area contributed by atoms with Gasteiger partial charge in [-0.25, -0.2) is 0 Å². The molecule has 0 aliphatic heterocycles. The highest BCUT2D eigenvalue weighted by Crippen LogP contribution is 2.36. The normalized spacial score (nSPS) is 10.3. The summed E-state index contributed by atoms with van der Waals surface area (Å²) >= 11 is 6.06. The Balaban J connectivity index is 2.22. The summed E-state index contributed by atoms with van der Waals surface area (Å²) in [6, 6.07) is 6.58. The number of rotatable bonds is 7. The smallest absolute Gasteiger partial charge is 0.276 e. The van der Waals surface area contributed by atoms with E-state index in [2.05, 4.69) is 15.5 Å². The highest BCUT2D eigenvalue weighted by molar-refractivity contribution is 6.32. The van der Waals surface area contributed by atoms with Crippen molar-refractivity contribution in [3.8, 4) is 11.5 Å². The minimum absolute atomic E-state index is 0.201. The van der Waals surface area contributed by atoms with Crippen LogP contribution in [0.4, 0.5) is 11.5 Å². The van der Waals surface area contributed by atoms with Crippen LogP contribution in [0.2, 0.25) is 5.02 Å². The van der Waals surface area contributed by atoms with Crippen LogP contribution in [0.15, 0.2) is 24.3 Å². The molecular weight excluding hydrogens is 344 g/mol. The molecule has 134 valence electrons. The zero-order valence-electron chi connectivity index (χ0n) is 14.7. The average molecular weight is 365 g/mol. The molecule has 25 heavy (non-hydrogen) atoms. The van der Waals surface area contributed by atoms with Crippen molar-refractivity contribution in [3.63, 3.8) is 0 Å². The summed E-state index contributed by atoms with van der Waals surface area (Å²) in [4.78, 5) is 14.5. The lowest BCUT2D eigenvalue weighted by Gasteiger charge is -2.18. The molecule has 1 N–H and O–H groups in total. The predicted octanol–water partition coefficient (Wildman–Crippen LogP) is 3.25. The van der Waals surface area contributed by atoms with Crippen LogP contribution in [0, 0.1) is 0 Å². The molecule has 2 aromatic rings. The third-order valence-electron chi connectivity index (χ3n) is 3.69. The van der Waals surface area contributed by atoms with E-state index in [1.807, 2.05) is 18.7 Å². The molecule has 1 amide bonds. The van der Waals surface area contributed by atoms with Gasteiger partial charge in [0, 0.05) is 25.2 Å². The van der Waals surface area contributed by atoms with Gasteiger partial charge in [0.05, 0.1) is 24.9 Å². The van der Waals surface area contributed by atoms with Crippen LogP contribution >= 0.6 is 11.6 Å². The largest absolute Gasteiger partial charge is 0.495 e. The maximum absolute atomic E-state index is 12.4. The van der Waals surface area contributed by atoms with Crippen LogP contribution in [0.25, 0.3) is 0 Å². The third kappa shape index (κ3) is 4.30. The number of hydrogen-bond acceptors (Lipinski definition) is 6.